The molecule has 1 aromatic heterocycles. The van der Waals surface area contributed by atoms with Crippen molar-refractivity contribution in [3.05, 3.63) is 53.1 Å². The largest absolute Gasteiger partial charge is 0.460 e. The summed E-state index contributed by atoms with van der Waals surface area (Å²) in [7, 11) is 0. The Morgan fingerprint density at radius 2 is 1.85 bits per heavy atom. The van der Waals surface area contributed by atoms with E-state index in [1.165, 1.54) is 12.3 Å². The first-order valence-electron chi connectivity index (χ1n) is 8.34. The minimum atomic E-state index is -1.13. The third-order valence-corrected chi connectivity index (χ3v) is 3.74. The van der Waals surface area contributed by atoms with Crippen LogP contribution in [0.5, 0.6) is 0 Å². The molecule has 140 valence electrons. The lowest BCUT2D eigenvalue weighted by Gasteiger charge is -2.22. The van der Waals surface area contributed by atoms with Gasteiger partial charge in [-0.1, -0.05) is 13.8 Å². The molecule has 0 unspecified atom stereocenters. The van der Waals surface area contributed by atoms with Gasteiger partial charge in [0.15, 0.2) is 11.6 Å². The number of carbonyl (C=O) groups excluding carboxylic acids is 1. The molecule has 2 aromatic rings. The fraction of sp³-hybridized carbons (Fsp3) is 0.400. The van der Waals surface area contributed by atoms with Crippen LogP contribution >= 0.6 is 0 Å². The Morgan fingerprint density at radius 3 is 2.38 bits per heavy atom. The van der Waals surface area contributed by atoms with Crippen molar-refractivity contribution in [1.29, 1.82) is 0 Å². The summed E-state index contributed by atoms with van der Waals surface area (Å²) in [6, 6.07) is 3.48. The maximum atomic E-state index is 14.6. The van der Waals surface area contributed by atoms with E-state index in [0.29, 0.717) is 11.1 Å². The molecule has 0 aliphatic carbocycles. The second kappa shape index (κ2) is 7.48. The highest BCUT2D eigenvalue weighted by Gasteiger charge is 2.25. The van der Waals surface area contributed by atoms with Gasteiger partial charge in [0, 0.05) is 17.8 Å². The topological polar surface area (TPSA) is 39.2 Å². The second-order valence-corrected chi connectivity index (χ2v) is 7.40. The highest BCUT2D eigenvalue weighted by molar-refractivity contribution is 5.79. The van der Waals surface area contributed by atoms with E-state index < -0.39 is 29.2 Å². The first-order chi connectivity index (χ1) is 12.0. The zero-order valence-electron chi connectivity index (χ0n) is 15.5. The molecule has 2 rings (SSSR count). The number of rotatable bonds is 4. The summed E-state index contributed by atoms with van der Waals surface area (Å²) in [5.41, 5.74) is 0.0351. The first-order valence-corrected chi connectivity index (χ1v) is 8.34. The quantitative estimate of drug-likeness (QED) is 0.554. The molecule has 0 aliphatic rings. The van der Waals surface area contributed by atoms with Crippen LogP contribution in [0.2, 0.25) is 0 Å². The van der Waals surface area contributed by atoms with Crippen molar-refractivity contribution >= 4 is 5.97 Å². The van der Waals surface area contributed by atoms with Gasteiger partial charge in [-0.3, -0.25) is 4.79 Å². The Labute approximate surface area is 151 Å². The number of aromatic nitrogens is 1. The lowest BCUT2D eigenvalue weighted by molar-refractivity contribution is -0.153. The summed E-state index contributed by atoms with van der Waals surface area (Å²) in [5, 5.41) is 0. The van der Waals surface area contributed by atoms with Gasteiger partial charge in [-0.25, -0.2) is 13.8 Å². The van der Waals surface area contributed by atoms with Crippen LogP contribution in [0.4, 0.5) is 13.2 Å². The molecular weight excluding hydrogens is 343 g/mol. The number of pyridine rings is 1. The minimum Gasteiger partial charge on any atom is -0.460 e. The van der Waals surface area contributed by atoms with Crippen LogP contribution in [-0.2, 0) is 16.0 Å². The van der Waals surface area contributed by atoms with E-state index in [9.17, 15) is 18.0 Å². The lowest BCUT2D eigenvalue weighted by atomic mass is 9.88. The van der Waals surface area contributed by atoms with Crippen molar-refractivity contribution in [1.82, 2.24) is 4.98 Å². The molecule has 26 heavy (non-hydrogen) atoms. The third kappa shape index (κ3) is 4.62. The van der Waals surface area contributed by atoms with Gasteiger partial charge in [0.2, 0.25) is 5.95 Å². The molecule has 0 fully saturated rings. The lowest BCUT2D eigenvalue weighted by Crippen LogP contribution is -2.25. The van der Waals surface area contributed by atoms with Gasteiger partial charge in [0.05, 0.1) is 6.42 Å². The van der Waals surface area contributed by atoms with E-state index in [2.05, 4.69) is 4.98 Å². The van der Waals surface area contributed by atoms with Gasteiger partial charge >= 0.3 is 5.97 Å². The maximum absolute atomic E-state index is 14.6. The highest BCUT2D eigenvalue weighted by atomic mass is 19.2. The molecule has 0 N–H and O–H groups in total. The Balaban J connectivity index is 2.66. The van der Waals surface area contributed by atoms with Crippen LogP contribution < -0.4 is 0 Å². The number of hydrogen-bond donors (Lipinski definition) is 0. The highest BCUT2D eigenvalue weighted by Crippen LogP contribution is 2.35. The summed E-state index contributed by atoms with van der Waals surface area (Å²) in [6.45, 7) is 8.78. The molecule has 0 radical (unpaired) electrons. The van der Waals surface area contributed by atoms with Crippen molar-refractivity contribution < 1.29 is 22.7 Å². The van der Waals surface area contributed by atoms with Crippen molar-refractivity contribution in [3.8, 4) is 11.1 Å². The summed E-state index contributed by atoms with van der Waals surface area (Å²) in [5.74, 6) is -3.73. The van der Waals surface area contributed by atoms with Crippen molar-refractivity contribution in [2.75, 3.05) is 0 Å². The molecule has 0 aliphatic heterocycles. The Morgan fingerprint density at radius 1 is 1.19 bits per heavy atom. The predicted octanol–water partition coefficient (Wildman–Crippen LogP) is 5.17. The monoisotopic (exact) mass is 365 g/mol. The Bertz CT molecular complexity index is 827. The number of benzene rings is 1. The van der Waals surface area contributed by atoms with Gasteiger partial charge in [0.1, 0.15) is 5.60 Å². The van der Waals surface area contributed by atoms with Crippen molar-refractivity contribution in [3.63, 3.8) is 0 Å². The zero-order chi connectivity index (χ0) is 19.6. The molecule has 1 aromatic carbocycles. The van der Waals surface area contributed by atoms with Crippen LogP contribution in [0.15, 0.2) is 24.4 Å². The van der Waals surface area contributed by atoms with E-state index in [-0.39, 0.29) is 23.5 Å². The molecule has 0 bridgehead atoms. The van der Waals surface area contributed by atoms with Crippen LogP contribution in [-0.4, -0.2) is 16.6 Å². The molecule has 0 saturated carbocycles. The molecule has 0 saturated heterocycles. The number of nitrogens with zero attached hydrogens (tertiary/aromatic N) is 1. The van der Waals surface area contributed by atoms with E-state index in [0.717, 1.165) is 12.1 Å². The Kier molecular flexibility index (Phi) is 5.74. The van der Waals surface area contributed by atoms with Crippen LogP contribution in [0.3, 0.4) is 0 Å². The standard InChI is InChI=1S/C20H22F3NO2/c1-11(2)13-9-15(21)19(23)18(12-6-7-24-16(22)8-12)14(13)10-17(25)26-20(3,4)5/h6-9,11H,10H2,1-5H3. The Hall–Kier alpha value is -2.37. The normalized spacial score (nSPS) is 11.7. The summed E-state index contributed by atoms with van der Waals surface area (Å²) < 4.78 is 47.7. The molecule has 0 atom stereocenters. The van der Waals surface area contributed by atoms with Crippen LogP contribution in [0.25, 0.3) is 11.1 Å². The van der Waals surface area contributed by atoms with Gasteiger partial charge in [-0.15, -0.1) is 0 Å². The van der Waals surface area contributed by atoms with E-state index in [1.54, 1.807) is 20.8 Å². The molecule has 0 spiro atoms. The minimum absolute atomic E-state index is 0.120. The second-order valence-electron chi connectivity index (χ2n) is 7.40. The average molecular weight is 365 g/mol. The first kappa shape index (κ1) is 19.9. The predicted molar refractivity (Wildman–Crippen MR) is 93.2 cm³/mol. The summed E-state index contributed by atoms with van der Waals surface area (Å²) in [6.07, 6.45) is 0.919. The van der Waals surface area contributed by atoms with Crippen LogP contribution in [0, 0.1) is 17.6 Å². The number of halogens is 3. The van der Waals surface area contributed by atoms with E-state index in [1.807, 2.05) is 13.8 Å². The summed E-state index contributed by atoms with van der Waals surface area (Å²) in [4.78, 5) is 15.8. The fourth-order valence-electron chi connectivity index (χ4n) is 2.77. The summed E-state index contributed by atoms with van der Waals surface area (Å²) >= 11 is 0. The number of carbonyl (C=O) groups is 1. The van der Waals surface area contributed by atoms with Crippen molar-refractivity contribution in [2.45, 2.75) is 52.6 Å². The molecule has 0 amide bonds. The van der Waals surface area contributed by atoms with Crippen LogP contribution in [0.1, 0.15) is 51.7 Å². The molecule has 3 nitrogen and oxygen atoms in total. The third-order valence-electron chi connectivity index (χ3n) is 3.74. The SMILES string of the molecule is CC(C)c1cc(F)c(F)c(-c2ccnc(F)c2)c1CC(=O)OC(C)(C)C. The zero-order valence-corrected chi connectivity index (χ0v) is 15.5. The van der Waals surface area contributed by atoms with Crippen molar-refractivity contribution in [2.24, 2.45) is 0 Å². The van der Waals surface area contributed by atoms with E-state index in [4.69, 9.17) is 4.74 Å². The number of hydrogen-bond acceptors (Lipinski definition) is 3. The average Bonchev–Trinajstić information content (AvgIpc) is 2.48. The fourth-order valence-corrected chi connectivity index (χ4v) is 2.77. The molecular formula is C20H22F3NO2. The maximum Gasteiger partial charge on any atom is 0.310 e. The van der Waals surface area contributed by atoms with Gasteiger partial charge < -0.3 is 4.74 Å². The van der Waals surface area contributed by atoms with Gasteiger partial charge in [-0.05, 0) is 55.5 Å². The number of ether oxygens (including phenoxy) is 1. The molecule has 6 heteroatoms. The van der Waals surface area contributed by atoms with Gasteiger partial charge in [-0.2, -0.15) is 4.39 Å². The smallest absolute Gasteiger partial charge is 0.310 e. The van der Waals surface area contributed by atoms with E-state index >= 15 is 0 Å². The van der Waals surface area contributed by atoms with Gasteiger partial charge in [0.25, 0.3) is 0 Å². The number of esters is 1. The molecule has 1 heterocycles.